The summed E-state index contributed by atoms with van der Waals surface area (Å²) in [5.74, 6) is 0. The molecule has 0 aromatic heterocycles. The fourth-order valence-electron chi connectivity index (χ4n) is 4.40. The number of nitrogens with zero attached hydrogens (tertiary/aromatic N) is 1. The molecule has 4 aromatic carbocycles. The summed E-state index contributed by atoms with van der Waals surface area (Å²) < 4.78 is 0. The van der Waals surface area contributed by atoms with Crippen LogP contribution < -0.4 is 4.90 Å². The van der Waals surface area contributed by atoms with E-state index in [1.807, 2.05) is 48.5 Å². The van der Waals surface area contributed by atoms with E-state index in [0.29, 0.717) is 0 Å². The minimum Gasteiger partial charge on any atom is -0.311 e. The Kier molecular flexibility index (Phi) is 9.28. The second-order valence-corrected chi connectivity index (χ2v) is 9.92. The molecule has 0 unspecified atom stereocenters. The van der Waals surface area contributed by atoms with Crippen molar-refractivity contribution in [3.63, 3.8) is 0 Å². The van der Waals surface area contributed by atoms with E-state index in [9.17, 15) is 0 Å². The Hall–Kier alpha value is -2.74. The van der Waals surface area contributed by atoms with Gasteiger partial charge >= 0.3 is 0 Å². The number of hydrogen-bond donors (Lipinski definition) is 0. The van der Waals surface area contributed by atoms with Gasteiger partial charge in [0.15, 0.2) is 0 Å². The summed E-state index contributed by atoms with van der Waals surface area (Å²) in [6.07, 6.45) is 9.19. The molecule has 0 amide bonds. The molecule has 0 atom stereocenters. The van der Waals surface area contributed by atoms with Gasteiger partial charge in [-0.15, -0.1) is 0 Å². The number of benzene rings is 4. The smallest absolute Gasteiger partial charge is 0.0462 e. The van der Waals surface area contributed by atoms with Crippen molar-refractivity contribution in [3.05, 3.63) is 113 Å². The molecule has 3 heteroatoms. The van der Waals surface area contributed by atoms with Gasteiger partial charge in [-0.25, -0.2) is 0 Å². The van der Waals surface area contributed by atoms with E-state index < -0.39 is 0 Å². The predicted octanol–water partition coefficient (Wildman–Crippen LogP) is 11.0. The van der Waals surface area contributed by atoms with Crippen LogP contribution in [0.25, 0.3) is 11.1 Å². The molecular weight excluding hydrogens is 469 g/mol. The molecule has 0 bridgehead atoms. The van der Waals surface area contributed by atoms with Gasteiger partial charge < -0.3 is 4.90 Å². The first kappa shape index (κ1) is 25.4. The molecule has 0 radical (unpaired) electrons. The molecule has 0 heterocycles. The van der Waals surface area contributed by atoms with Gasteiger partial charge in [0.1, 0.15) is 0 Å². The molecule has 180 valence electrons. The Labute approximate surface area is 220 Å². The van der Waals surface area contributed by atoms with Crippen molar-refractivity contribution in [1.29, 1.82) is 0 Å². The molecule has 0 spiro atoms. The lowest BCUT2D eigenvalue weighted by Gasteiger charge is -2.25. The Morgan fingerprint density at radius 2 is 0.886 bits per heavy atom. The summed E-state index contributed by atoms with van der Waals surface area (Å²) in [7, 11) is 0. The van der Waals surface area contributed by atoms with Gasteiger partial charge in [-0.1, -0.05) is 98.6 Å². The van der Waals surface area contributed by atoms with Crippen LogP contribution >= 0.6 is 23.2 Å². The third-order valence-corrected chi connectivity index (χ3v) is 6.91. The second-order valence-electron chi connectivity index (χ2n) is 9.05. The standard InChI is InChI=1S/C32H33Cl2N/c1-2-3-4-5-6-7-8-25-9-11-26(12-10-25)27-13-19-30(20-14-27)35(31-21-15-28(33)16-22-31)32-23-17-29(34)18-24-32/h9-24H,2-8H2,1H3. The lowest BCUT2D eigenvalue weighted by atomic mass is 10.0. The van der Waals surface area contributed by atoms with Crippen LogP contribution in [-0.4, -0.2) is 0 Å². The lowest BCUT2D eigenvalue weighted by molar-refractivity contribution is 0.607. The van der Waals surface area contributed by atoms with E-state index in [2.05, 4.69) is 60.4 Å². The number of hydrogen-bond acceptors (Lipinski definition) is 1. The number of anilines is 3. The molecule has 4 aromatic rings. The van der Waals surface area contributed by atoms with Crippen LogP contribution in [0.1, 0.15) is 51.0 Å². The molecule has 0 aliphatic heterocycles. The van der Waals surface area contributed by atoms with Crippen LogP contribution in [0.4, 0.5) is 17.1 Å². The van der Waals surface area contributed by atoms with Crippen molar-refractivity contribution < 1.29 is 0 Å². The number of aryl methyl sites for hydroxylation is 1. The van der Waals surface area contributed by atoms with Crippen molar-refractivity contribution in [3.8, 4) is 11.1 Å². The van der Waals surface area contributed by atoms with Crippen molar-refractivity contribution >= 4 is 40.3 Å². The van der Waals surface area contributed by atoms with Crippen LogP contribution in [-0.2, 0) is 6.42 Å². The normalized spacial score (nSPS) is 10.9. The van der Waals surface area contributed by atoms with Gasteiger partial charge in [0.2, 0.25) is 0 Å². The zero-order valence-electron chi connectivity index (χ0n) is 20.4. The average molecular weight is 503 g/mol. The maximum atomic E-state index is 6.15. The van der Waals surface area contributed by atoms with Crippen molar-refractivity contribution in [1.82, 2.24) is 0 Å². The number of rotatable bonds is 11. The van der Waals surface area contributed by atoms with Crippen LogP contribution in [0.15, 0.2) is 97.1 Å². The molecule has 0 N–H and O–H groups in total. The maximum Gasteiger partial charge on any atom is 0.0462 e. The first-order chi connectivity index (χ1) is 17.1. The van der Waals surface area contributed by atoms with Gasteiger partial charge in [0.05, 0.1) is 0 Å². The molecule has 0 saturated heterocycles. The zero-order chi connectivity index (χ0) is 24.5. The predicted molar refractivity (Wildman–Crippen MR) is 154 cm³/mol. The SMILES string of the molecule is CCCCCCCCc1ccc(-c2ccc(N(c3ccc(Cl)cc3)c3ccc(Cl)cc3)cc2)cc1. The maximum absolute atomic E-state index is 6.15. The number of halogens is 2. The van der Waals surface area contributed by atoms with E-state index in [0.717, 1.165) is 27.1 Å². The second kappa shape index (κ2) is 12.8. The van der Waals surface area contributed by atoms with Gasteiger partial charge in [0, 0.05) is 27.1 Å². The molecule has 0 aliphatic rings. The summed E-state index contributed by atoms with van der Waals surface area (Å²) in [6, 6.07) is 33.6. The van der Waals surface area contributed by atoms with Crippen LogP contribution in [0.5, 0.6) is 0 Å². The third-order valence-electron chi connectivity index (χ3n) is 6.40. The van der Waals surface area contributed by atoms with Gasteiger partial charge in [-0.2, -0.15) is 0 Å². The van der Waals surface area contributed by atoms with E-state index in [1.165, 1.54) is 61.6 Å². The summed E-state index contributed by atoms with van der Waals surface area (Å²) in [5.41, 5.74) is 7.06. The molecule has 4 rings (SSSR count). The topological polar surface area (TPSA) is 3.24 Å². The van der Waals surface area contributed by atoms with Crippen molar-refractivity contribution in [2.45, 2.75) is 51.9 Å². The Morgan fingerprint density at radius 1 is 0.486 bits per heavy atom. The van der Waals surface area contributed by atoms with E-state index in [-0.39, 0.29) is 0 Å². The lowest BCUT2D eigenvalue weighted by Crippen LogP contribution is -2.09. The highest BCUT2D eigenvalue weighted by atomic mass is 35.5. The summed E-state index contributed by atoms with van der Waals surface area (Å²) in [6.45, 7) is 2.27. The van der Waals surface area contributed by atoms with Gasteiger partial charge in [-0.3, -0.25) is 0 Å². The van der Waals surface area contributed by atoms with Crippen molar-refractivity contribution in [2.24, 2.45) is 0 Å². The Morgan fingerprint density at radius 3 is 1.37 bits per heavy atom. The minimum atomic E-state index is 0.722. The van der Waals surface area contributed by atoms with E-state index in [1.54, 1.807) is 0 Å². The largest absolute Gasteiger partial charge is 0.311 e. The van der Waals surface area contributed by atoms with Crippen LogP contribution in [0, 0.1) is 0 Å². The minimum absolute atomic E-state index is 0.722. The molecule has 0 aliphatic carbocycles. The third kappa shape index (κ3) is 7.13. The van der Waals surface area contributed by atoms with E-state index >= 15 is 0 Å². The first-order valence-electron chi connectivity index (χ1n) is 12.6. The summed E-state index contributed by atoms with van der Waals surface area (Å²) in [5, 5.41) is 1.44. The molecular formula is C32H33Cl2N. The van der Waals surface area contributed by atoms with Crippen molar-refractivity contribution in [2.75, 3.05) is 4.90 Å². The summed E-state index contributed by atoms with van der Waals surface area (Å²) in [4.78, 5) is 2.21. The molecule has 0 saturated carbocycles. The fraction of sp³-hybridized carbons (Fsp3) is 0.250. The Balaban J connectivity index is 1.48. The van der Waals surface area contributed by atoms with Gasteiger partial charge in [0.25, 0.3) is 0 Å². The zero-order valence-corrected chi connectivity index (χ0v) is 21.9. The van der Waals surface area contributed by atoms with Gasteiger partial charge in [-0.05, 0) is 90.2 Å². The van der Waals surface area contributed by atoms with Crippen LogP contribution in [0.3, 0.4) is 0 Å². The highest BCUT2D eigenvalue weighted by Gasteiger charge is 2.13. The highest BCUT2D eigenvalue weighted by molar-refractivity contribution is 6.31. The average Bonchev–Trinajstić information content (AvgIpc) is 2.89. The fourth-order valence-corrected chi connectivity index (χ4v) is 4.66. The number of unbranched alkanes of at least 4 members (excludes halogenated alkanes) is 5. The van der Waals surface area contributed by atoms with Crippen LogP contribution in [0.2, 0.25) is 10.0 Å². The molecule has 1 nitrogen and oxygen atoms in total. The highest BCUT2D eigenvalue weighted by Crippen LogP contribution is 2.36. The monoisotopic (exact) mass is 501 g/mol. The summed E-state index contributed by atoms with van der Waals surface area (Å²) >= 11 is 12.3. The molecule has 0 fully saturated rings. The first-order valence-corrected chi connectivity index (χ1v) is 13.4. The van der Waals surface area contributed by atoms with E-state index in [4.69, 9.17) is 23.2 Å². The quantitative estimate of drug-likeness (QED) is 0.184. The Bertz CT molecular complexity index is 1120. The molecule has 35 heavy (non-hydrogen) atoms.